The van der Waals surface area contributed by atoms with Gasteiger partial charge in [0.2, 0.25) is 5.75 Å². The normalized spacial score (nSPS) is 16.7. The molecule has 0 amide bonds. The summed E-state index contributed by atoms with van der Waals surface area (Å²) in [6.07, 6.45) is -5.56. The van der Waals surface area contributed by atoms with Crippen LogP contribution in [-0.2, 0) is 0 Å². The van der Waals surface area contributed by atoms with Crippen LogP contribution in [0.1, 0.15) is 18.6 Å². The molecule has 140 valence electrons. The molecule has 0 spiro atoms. The lowest BCUT2D eigenvalue weighted by atomic mass is 10.0. The summed E-state index contributed by atoms with van der Waals surface area (Å²) < 4.78 is 51.3. The number of aliphatic hydroxyl groups is 1. The van der Waals surface area contributed by atoms with E-state index in [0.29, 0.717) is 22.8 Å². The van der Waals surface area contributed by atoms with Gasteiger partial charge in [0.1, 0.15) is 12.2 Å². The molecule has 1 heterocycles. The van der Waals surface area contributed by atoms with E-state index < -0.39 is 18.5 Å². The van der Waals surface area contributed by atoms with E-state index in [1.807, 2.05) is 0 Å². The van der Waals surface area contributed by atoms with Crippen molar-refractivity contribution in [3.63, 3.8) is 0 Å². The Morgan fingerprint density at radius 3 is 2.23 bits per heavy atom. The number of methoxy groups -OCH3 is 2. The zero-order chi connectivity index (χ0) is 18.9. The summed E-state index contributed by atoms with van der Waals surface area (Å²) in [4.78, 5) is 0. The van der Waals surface area contributed by atoms with Crippen LogP contribution in [0.25, 0.3) is 0 Å². The number of alkyl halides is 2. The van der Waals surface area contributed by atoms with Gasteiger partial charge in [-0.15, -0.1) is 8.78 Å². The number of hydrogen-bond donors (Lipinski definition) is 1. The number of hydrogen-bond acceptors (Lipinski definition) is 6. The van der Waals surface area contributed by atoms with Gasteiger partial charge in [0.05, 0.1) is 14.2 Å². The molecule has 1 aliphatic heterocycles. The molecule has 2 aromatic carbocycles. The Morgan fingerprint density at radius 1 is 1.00 bits per heavy atom. The molecule has 1 aliphatic rings. The molecule has 0 unspecified atom stereocenters. The van der Waals surface area contributed by atoms with Crippen molar-refractivity contribution >= 4 is 0 Å². The number of aliphatic hydroxyl groups excluding tert-OH is 1. The molecule has 8 heteroatoms. The molecule has 3 rings (SSSR count). The van der Waals surface area contributed by atoms with E-state index in [-0.39, 0.29) is 11.5 Å². The zero-order valence-electron chi connectivity index (χ0n) is 14.4. The van der Waals surface area contributed by atoms with Gasteiger partial charge in [0.15, 0.2) is 23.0 Å². The Morgan fingerprint density at radius 2 is 1.62 bits per heavy atom. The molecule has 2 atom stereocenters. The second-order valence-electron chi connectivity index (χ2n) is 5.63. The van der Waals surface area contributed by atoms with E-state index >= 15 is 0 Å². The second kappa shape index (κ2) is 6.87. The van der Waals surface area contributed by atoms with Gasteiger partial charge in [-0.25, -0.2) is 0 Å². The van der Waals surface area contributed by atoms with Crippen molar-refractivity contribution in [2.45, 2.75) is 25.4 Å². The molecule has 0 aromatic heterocycles. The fourth-order valence-electron chi connectivity index (χ4n) is 2.60. The molecule has 0 aliphatic carbocycles. The van der Waals surface area contributed by atoms with E-state index in [0.717, 1.165) is 0 Å². The summed E-state index contributed by atoms with van der Waals surface area (Å²) in [6, 6.07) is 9.20. The van der Waals surface area contributed by atoms with Gasteiger partial charge in [-0.2, -0.15) is 0 Å². The molecule has 0 bridgehead atoms. The van der Waals surface area contributed by atoms with Crippen LogP contribution < -0.4 is 23.7 Å². The number of ether oxygens (including phenoxy) is 5. The van der Waals surface area contributed by atoms with Gasteiger partial charge in [-0.1, -0.05) is 12.1 Å². The summed E-state index contributed by atoms with van der Waals surface area (Å²) >= 11 is 0. The molecule has 0 saturated carbocycles. The smallest absolute Gasteiger partial charge is 0.493 e. The lowest BCUT2D eigenvalue weighted by Gasteiger charge is -2.23. The number of para-hydroxylation sites is 1. The maximum absolute atomic E-state index is 13.1. The Bertz CT molecular complexity index is 773. The van der Waals surface area contributed by atoms with E-state index in [1.165, 1.54) is 32.4 Å². The average molecular weight is 368 g/mol. The molecule has 6 nitrogen and oxygen atoms in total. The predicted molar refractivity (Wildman–Crippen MR) is 87.2 cm³/mol. The third kappa shape index (κ3) is 3.45. The average Bonchev–Trinajstić information content (AvgIpc) is 2.93. The highest BCUT2D eigenvalue weighted by atomic mass is 19.3. The van der Waals surface area contributed by atoms with Crippen LogP contribution in [0, 0.1) is 0 Å². The van der Waals surface area contributed by atoms with Crippen molar-refractivity contribution in [1.29, 1.82) is 0 Å². The van der Waals surface area contributed by atoms with Gasteiger partial charge in [-0.05, 0) is 36.8 Å². The van der Waals surface area contributed by atoms with Crippen molar-refractivity contribution in [2.24, 2.45) is 0 Å². The van der Waals surface area contributed by atoms with Crippen LogP contribution in [0.15, 0.2) is 36.4 Å². The second-order valence-corrected chi connectivity index (χ2v) is 5.63. The van der Waals surface area contributed by atoms with Crippen LogP contribution in [-0.4, -0.2) is 31.7 Å². The third-order valence-electron chi connectivity index (χ3n) is 3.90. The van der Waals surface area contributed by atoms with Crippen LogP contribution >= 0.6 is 0 Å². The van der Waals surface area contributed by atoms with Crippen LogP contribution in [0.2, 0.25) is 0 Å². The van der Waals surface area contributed by atoms with Crippen LogP contribution in [0.3, 0.4) is 0 Å². The molecule has 1 N–H and O–H groups in total. The first-order valence-corrected chi connectivity index (χ1v) is 7.80. The SMILES string of the molecule is COc1cccc(OC)c1O[C@@H](C)[C@@H](O)c1ccc2c(c1)OC(F)(F)O2. The minimum Gasteiger partial charge on any atom is -0.493 e. The van der Waals surface area contributed by atoms with Gasteiger partial charge in [-0.3, -0.25) is 0 Å². The van der Waals surface area contributed by atoms with Crippen molar-refractivity contribution in [3.8, 4) is 28.7 Å². The minimum atomic E-state index is -3.71. The summed E-state index contributed by atoms with van der Waals surface area (Å²) in [6.45, 7) is 1.63. The summed E-state index contributed by atoms with van der Waals surface area (Å²) in [5, 5.41) is 10.5. The van der Waals surface area contributed by atoms with Crippen molar-refractivity contribution in [1.82, 2.24) is 0 Å². The van der Waals surface area contributed by atoms with Crippen molar-refractivity contribution in [2.75, 3.05) is 14.2 Å². The standard InChI is InChI=1S/C18H18F2O6/c1-10(24-17-13(22-2)5-4-6-14(17)23-3)16(21)11-7-8-12-15(9-11)26-18(19,20)25-12/h4-10,16,21H,1-3H3/t10-,16+/m0/s1. The van der Waals surface area contributed by atoms with Gasteiger partial charge in [0.25, 0.3) is 0 Å². The van der Waals surface area contributed by atoms with Crippen molar-refractivity contribution < 1.29 is 37.6 Å². The van der Waals surface area contributed by atoms with E-state index in [9.17, 15) is 13.9 Å². The molecular weight excluding hydrogens is 350 g/mol. The summed E-state index contributed by atoms with van der Waals surface area (Å²) in [5.74, 6) is 0.971. The first-order chi connectivity index (χ1) is 12.3. The summed E-state index contributed by atoms with van der Waals surface area (Å²) in [5.41, 5.74) is 0.339. The number of rotatable bonds is 6. The topological polar surface area (TPSA) is 66.4 Å². The van der Waals surface area contributed by atoms with Crippen LogP contribution in [0.5, 0.6) is 28.7 Å². The number of fused-ring (bicyclic) bond motifs is 1. The fourth-order valence-corrected chi connectivity index (χ4v) is 2.60. The highest BCUT2D eigenvalue weighted by Crippen LogP contribution is 2.43. The highest BCUT2D eigenvalue weighted by Gasteiger charge is 2.43. The maximum atomic E-state index is 13.1. The lowest BCUT2D eigenvalue weighted by Crippen LogP contribution is -2.26. The monoisotopic (exact) mass is 368 g/mol. The summed E-state index contributed by atoms with van der Waals surface area (Å²) in [7, 11) is 2.97. The van der Waals surface area contributed by atoms with Gasteiger partial charge < -0.3 is 28.8 Å². The third-order valence-corrected chi connectivity index (χ3v) is 3.90. The highest BCUT2D eigenvalue weighted by molar-refractivity contribution is 5.51. The largest absolute Gasteiger partial charge is 0.586 e. The maximum Gasteiger partial charge on any atom is 0.586 e. The molecule has 2 aromatic rings. The Kier molecular flexibility index (Phi) is 4.78. The fraction of sp³-hybridized carbons (Fsp3) is 0.333. The van der Waals surface area contributed by atoms with Gasteiger partial charge >= 0.3 is 6.29 Å². The quantitative estimate of drug-likeness (QED) is 0.842. The first-order valence-electron chi connectivity index (χ1n) is 7.80. The van der Waals surface area contributed by atoms with E-state index in [1.54, 1.807) is 25.1 Å². The molecule has 0 fully saturated rings. The lowest BCUT2D eigenvalue weighted by molar-refractivity contribution is -0.286. The van der Waals surface area contributed by atoms with E-state index in [2.05, 4.69) is 9.47 Å². The zero-order valence-corrected chi connectivity index (χ0v) is 14.4. The van der Waals surface area contributed by atoms with E-state index in [4.69, 9.17) is 14.2 Å². The van der Waals surface area contributed by atoms with Crippen molar-refractivity contribution in [3.05, 3.63) is 42.0 Å². The Labute approximate surface area is 148 Å². The minimum absolute atomic E-state index is 0.0917. The molecular formula is C18H18F2O6. The Hall–Kier alpha value is -2.74. The van der Waals surface area contributed by atoms with Gasteiger partial charge in [0, 0.05) is 0 Å². The Balaban J connectivity index is 1.81. The number of benzene rings is 2. The first kappa shape index (κ1) is 18.1. The number of halogens is 2. The predicted octanol–water partition coefficient (Wildman–Crippen LogP) is 3.53. The molecule has 0 radical (unpaired) electrons. The van der Waals surface area contributed by atoms with Crippen LogP contribution in [0.4, 0.5) is 8.78 Å². The molecule has 0 saturated heterocycles. The molecule has 26 heavy (non-hydrogen) atoms.